The van der Waals surface area contributed by atoms with Crippen LogP contribution in [-0.4, -0.2) is 50.0 Å². The molecule has 0 aliphatic rings. The molecule has 3 rings (SSSR count). The summed E-state index contributed by atoms with van der Waals surface area (Å²) in [5.41, 5.74) is 0.982. The van der Waals surface area contributed by atoms with E-state index in [2.05, 4.69) is 4.99 Å². The lowest BCUT2D eigenvalue weighted by atomic mass is 10.2. The number of fused-ring (bicyclic) bond motifs is 1. The third-order valence-electron chi connectivity index (χ3n) is 5.23. The van der Waals surface area contributed by atoms with Gasteiger partial charge >= 0.3 is 0 Å². The molecule has 7 nitrogen and oxygen atoms in total. The fourth-order valence-electron chi connectivity index (χ4n) is 3.30. The van der Waals surface area contributed by atoms with Crippen LogP contribution in [0.2, 0.25) is 10.0 Å². The molecule has 1 heterocycles. The Bertz CT molecular complexity index is 1330. The number of ether oxygens (including phenoxy) is 1. The lowest BCUT2D eigenvalue weighted by Crippen LogP contribution is -2.27. The van der Waals surface area contributed by atoms with Crippen molar-refractivity contribution < 1.29 is 17.9 Å². The van der Waals surface area contributed by atoms with Crippen molar-refractivity contribution in [2.75, 3.05) is 26.8 Å². The van der Waals surface area contributed by atoms with E-state index in [1.54, 1.807) is 13.1 Å². The molecule has 0 aliphatic carbocycles. The number of aromatic nitrogens is 1. The summed E-state index contributed by atoms with van der Waals surface area (Å²) >= 11 is 14.0. The highest BCUT2D eigenvalue weighted by Gasteiger charge is 2.21. The Kier molecular flexibility index (Phi) is 9.31. The van der Waals surface area contributed by atoms with Gasteiger partial charge in [0.15, 0.2) is 4.80 Å². The van der Waals surface area contributed by atoms with Crippen molar-refractivity contribution in [3.63, 3.8) is 0 Å². The first kappa shape index (κ1) is 26.8. The summed E-state index contributed by atoms with van der Waals surface area (Å²) in [6.45, 7) is 5.77. The molecular weight excluding hydrogens is 517 g/mol. The Hall–Kier alpha value is -1.75. The van der Waals surface area contributed by atoms with Crippen LogP contribution in [0.5, 0.6) is 0 Å². The average Bonchev–Trinajstić information content (AvgIpc) is 3.17. The Morgan fingerprint density at radius 2 is 1.85 bits per heavy atom. The largest absolute Gasteiger partial charge is 0.380 e. The number of sulfonamides is 1. The van der Waals surface area contributed by atoms with Gasteiger partial charge in [-0.15, -0.1) is 0 Å². The zero-order valence-electron chi connectivity index (χ0n) is 19.3. The molecule has 2 aromatic carbocycles. The molecule has 3 aromatic rings. The van der Waals surface area contributed by atoms with Gasteiger partial charge in [-0.05, 0) is 49.7 Å². The van der Waals surface area contributed by atoms with Crippen LogP contribution >= 0.6 is 34.5 Å². The normalized spacial score (nSPS) is 12.7. The molecule has 0 fully saturated rings. The monoisotopic (exact) mass is 543 g/mol. The number of hydrogen-bond acceptors (Lipinski definition) is 5. The topological polar surface area (TPSA) is 81.0 Å². The number of rotatable bonds is 10. The number of nitrogens with zero attached hydrogens (tertiary/aromatic N) is 3. The second-order valence-electron chi connectivity index (χ2n) is 7.56. The van der Waals surface area contributed by atoms with Crippen molar-refractivity contribution in [3.8, 4) is 0 Å². The smallest absolute Gasteiger partial charge is 0.279 e. The summed E-state index contributed by atoms with van der Waals surface area (Å²) in [6.07, 6.45) is 1.67. The van der Waals surface area contributed by atoms with E-state index in [4.69, 9.17) is 27.9 Å². The molecule has 1 amide bonds. The molecule has 0 atom stereocenters. The van der Waals surface area contributed by atoms with Crippen molar-refractivity contribution in [3.05, 3.63) is 56.8 Å². The SMILES string of the molecule is CCCCN(C)S(=O)(=O)c1ccc(C(=O)N=c2sc3ccc(Cl)c(Cl)c3n2CCOCC)cc1. The molecule has 184 valence electrons. The molecule has 0 unspecified atom stereocenters. The molecular formula is C23H27Cl2N3O4S2. The number of thiazole rings is 1. The van der Waals surface area contributed by atoms with Gasteiger partial charge in [-0.3, -0.25) is 4.79 Å². The highest BCUT2D eigenvalue weighted by atomic mass is 35.5. The Balaban J connectivity index is 1.96. The number of unbranched alkanes of at least 4 members (excludes halogenated alkanes) is 1. The molecule has 0 saturated carbocycles. The quantitative estimate of drug-likeness (QED) is 0.329. The number of carbonyl (C=O) groups is 1. The summed E-state index contributed by atoms with van der Waals surface area (Å²) in [4.78, 5) is 17.8. The van der Waals surface area contributed by atoms with Crippen LogP contribution in [0.3, 0.4) is 0 Å². The first-order valence-electron chi connectivity index (χ1n) is 10.9. The van der Waals surface area contributed by atoms with Crippen molar-refractivity contribution in [2.24, 2.45) is 4.99 Å². The number of halogens is 2. The van der Waals surface area contributed by atoms with Crippen LogP contribution in [0, 0.1) is 0 Å². The van der Waals surface area contributed by atoms with Gasteiger partial charge in [0.05, 0.1) is 31.8 Å². The molecule has 11 heteroatoms. The maximum atomic E-state index is 12.9. The molecule has 34 heavy (non-hydrogen) atoms. The van der Waals surface area contributed by atoms with E-state index >= 15 is 0 Å². The summed E-state index contributed by atoms with van der Waals surface area (Å²) in [7, 11) is -2.06. The lowest BCUT2D eigenvalue weighted by molar-refractivity contribution is 0.0996. The Labute approximate surface area is 213 Å². The third-order valence-corrected chi connectivity index (χ3v) is 8.94. The second-order valence-corrected chi connectivity index (χ2v) is 11.4. The third kappa shape index (κ3) is 5.90. The second kappa shape index (κ2) is 11.8. The molecule has 1 aromatic heterocycles. The fourth-order valence-corrected chi connectivity index (χ4v) is 6.05. The van der Waals surface area contributed by atoms with Crippen LogP contribution in [0.1, 0.15) is 37.0 Å². The minimum absolute atomic E-state index is 0.137. The maximum Gasteiger partial charge on any atom is 0.279 e. The Morgan fingerprint density at radius 1 is 1.15 bits per heavy atom. The highest BCUT2D eigenvalue weighted by Crippen LogP contribution is 2.32. The van der Waals surface area contributed by atoms with Crippen molar-refractivity contribution in [1.82, 2.24) is 8.87 Å². The standard InChI is InChI=1S/C23H27Cl2N3O4S2/c1-4-6-13-27(3)34(30,31)17-9-7-16(8-10-17)22(29)26-23-28(14-15-32-5-2)21-19(33-23)12-11-18(24)20(21)25/h7-12H,4-6,13-15H2,1-3H3. The minimum atomic E-state index is -3.61. The minimum Gasteiger partial charge on any atom is -0.380 e. The molecule has 0 bridgehead atoms. The number of amides is 1. The summed E-state index contributed by atoms with van der Waals surface area (Å²) in [5, 5.41) is 0.804. The number of carbonyl (C=O) groups excluding carboxylic acids is 1. The van der Waals surface area contributed by atoms with Crippen molar-refractivity contribution in [1.29, 1.82) is 0 Å². The van der Waals surface area contributed by atoms with Gasteiger partial charge in [0, 0.05) is 32.3 Å². The van der Waals surface area contributed by atoms with Crippen LogP contribution < -0.4 is 4.80 Å². The van der Waals surface area contributed by atoms with Gasteiger partial charge in [-0.1, -0.05) is 47.9 Å². The van der Waals surface area contributed by atoms with E-state index in [0.29, 0.717) is 46.7 Å². The summed E-state index contributed by atoms with van der Waals surface area (Å²) < 4.78 is 34.9. The molecule has 0 N–H and O–H groups in total. The van der Waals surface area contributed by atoms with E-state index in [0.717, 1.165) is 17.5 Å². The van der Waals surface area contributed by atoms with Crippen LogP contribution in [0.4, 0.5) is 0 Å². The van der Waals surface area contributed by atoms with Crippen LogP contribution in [0.25, 0.3) is 10.2 Å². The van der Waals surface area contributed by atoms with E-state index in [9.17, 15) is 13.2 Å². The average molecular weight is 545 g/mol. The molecule has 0 spiro atoms. The van der Waals surface area contributed by atoms with Crippen LogP contribution in [-0.2, 0) is 21.3 Å². The van der Waals surface area contributed by atoms with E-state index in [1.807, 2.05) is 24.5 Å². The predicted molar refractivity (Wildman–Crippen MR) is 137 cm³/mol. The first-order chi connectivity index (χ1) is 16.2. The van der Waals surface area contributed by atoms with Gasteiger partial charge in [0.25, 0.3) is 5.91 Å². The predicted octanol–water partition coefficient (Wildman–Crippen LogP) is 5.21. The summed E-state index contributed by atoms with van der Waals surface area (Å²) in [6, 6.07) is 9.38. The van der Waals surface area contributed by atoms with E-state index in [-0.39, 0.29) is 10.5 Å². The van der Waals surface area contributed by atoms with E-state index < -0.39 is 15.9 Å². The van der Waals surface area contributed by atoms with Gasteiger partial charge in [0.1, 0.15) is 0 Å². The molecule has 0 saturated heterocycles. The van der Waals surface area contributed by atoms with Gasteiger partial charge in [-0.2, -0.15) is 4.99 Å². The van der Waals surface area contributed by atoms with Crippen molar-refractivity contribution in [2.45, 2.75) is 38.1 Å². The zero-order chi connectivity index (χ0) is 24.9. The van der Waals surface area contributed by atoms with Gasteiger partial charge in [0.2, 0.25) is 10.0 Å². The molecule has 0 aliphatic heterocycles. The summed E-state index contributed by atoms with van der Waals surface area (Å²) in [5.74, 6) is -0.484. The van der Waals surface area contributed by atoms with Gasteiger partial charge < -0.3 is 9.30 Å². The maximum absolute atomic E-state index is 12.9. The van der Waals surface area contributed by atoms with E-state index in [1.165, 1.54) is 39.9 Å². The van der Waals surface area contributed by atoms with Gasteiger partial charge in [-0.25, -0.2) is 12.7 Å². The van der Waals surface area contributed by atoms with Crippen molar-refractivity contribution >= 4 is 60.7 Å². The number of hydrogen-bond donors (Lipinski definition) is 0. The fraction of sp³-hybridized carbons (Fsp3) is 0.391. The Morgan fingerprint density at radius 3 is 2.50 bits per heavy atom. The lowest BCUT2D eigenvalue weighted by Gasteiger charge is -2.16. The highest BCUT2D eigenvalue weighted by molar-refractivity contribution is 7.89. The first-order valence-corrected chi connectivity index (χ1v) is 13.9. The number of benzene rings is 2. The zero-order valence-corrected chi connectivity index (χ0v) is 22.4. The van der Waals surface area contributed by atoms with Crippen LogP contribution in [0.15, 0.2) is 46.3 Å². The molecule has 0 radical (unpaired) electrons.